The Morgan fingerprint density at radius 3 is 2.63 bits per heavy atom. The first-order valence-electron chi connectivity index (χ1n) is 14.9. The highest BCUT2D eigenvalue weighted by atomic mass is 32.2. The number of hydrogen-bond donors (Lipinski definition) is 2. The van der Waals surface area contributed by atoms with Gasteiger partial charge in [0.2, 0.25) is 10.0 Å². The van der Waals surface area contributed by atoms with E-state index in [2.05, 4.69) is 10.3 Å². The molecule has 11 nitrogen and oxygen atoms in total. The Morgan fingerprint density at radius 2 is 1.98 bits per heavy atom. The first-order valence-corrected chi connectivity index (χ1v) is 17.3. The SMILES string of the molecule is CCOC(=O)C1=C(CN2CC(F)(F)[C@@H]3CN(S(=O)(=O)[C@H]4C[C@](C)(C(=O)O)C4)C[C@@H]32)NC(c2nccs2)=N[C@H]1c1cccc(F)c1C. The summed E-state index contributed by atoms with van der Waals surface area (Å²) in [5.74, 6) is -6.61. The van der Waals surface area contributed by atoms with Crippen LogP contribution in [0.3, 0.4) is 0 Å². The Bertz CT molecular complexity index is 1730. The van der Waals surface area contributed by atoms with Gasteiger partial charge >= 0.3 is 11.9 Å². The van der Waals surface area contributed by atoms with Crippen LogP contribution in [-0.2, 0) is 24.3 Å². The van der Waals surface area contributed by atoms with E-state index in [1.165, 1.54) is 35.3 Å². The van der Waals surface area contributed by atoms with Gasteiger partial charge in [-0.15, -0.1) is 11.3 Å². The number of benzene rings is 1. The van der Waals surface area contributed by atoms with Crippen LogP contribution in [0.25, 0.3) is 0 Å². The summed E-state index contributed by atoms with van der Waals surface area (Å²) in [6.07, 6.45) is 1.39. The van der Waals surface area contributed by atoms with E-state index in [1.807, 2.05) is 0 Å². The van der Waals surface area contributed by atoms with Crippen molar-refractivity contribution in [2.24, 2.45) is 16.3 Å². The van der Waals surface area contributed by atoms with Crippen LogP contribution in [0.15, 0.2) is 46.0 Å². The molecule has 3 atom stereocenters. The number of carboxylic acid groups (broad SMARTS) is 1. The van der Waals surface area contributed by atoms with Gasteiger partial charge in [0, 0.05) is 43.0 Å². The van der Waals surface area contributed by atoms with Crippen LogP contribution >= 0.6 is 11.3 Å². The van der Waals surface area contributed by atoms with E-state index in [4.69, 9.17) is 9.73 Å². The predicted octanol–water partition coefficient (Wildman–Crippen LogP) is 3.33. The van der Waals surface area contributed by atoms with Gasteiger partial charge in [-0.25, -0.2) is 31.4 Å². The molecule has 16 heteroatoms. The molecule has 0 unspecified atom stereocenters. The number of carboxylic acids is 1. The van der Waals surface area contributed by atoms with Gasteiger partial charge < -0.3 is 15.2 Å². The van der Waals surface area contributed by atoms with Gasteiger partial charge in [-0.3, -0.25) is 14.7 Å². The fraction of sp³-hybridized carbons (Fsp3) is 0.533. The molecule has 1 saturated carbocycles. The molecule has 2 saturated heterocycles. The van der Waals surface area contributed by atoms with E-state index < -0.39 is 75.5 Å². The highest BCUT2D eigenvalue weighted by Gasteiger charge is 2.62. The zero-order valence-corrected chi connectivity index (χ0v) is 27.0. The molecule has 0 spiro atoms. The van der Waals surface area contributed by atoms with Gasteiger partial charge in [0.05, 0.1) is 35.3 Å². The second kappa shape index (κ2) is 11.7. The van der Waals surface area contributed by atoms with Crippen molar-refractivity contribution in [1.82, 2.24) is 19.5 Å². The summed E-state index contributed by atoms with van der Waals surface area (Å²) in [6.45, 7) is 3.21. The Hall–Kier alpha value is -3.34. The zero-order chi connectivity index (χ0) is 33.2. The van der Waals surface area contributed by atoms with Crippen LogP contribution in [0.4, 0.5) is 13.2 Å². The molecular formula is C30H34F3N5O6S2. The van der Waals surface area contributed by atoms with E-state index >= 15 is 8.78 Å². The van der Waals surface area contributed by atoms with Gasteiger partial charge in [0.25, 0.3) is 5.92 Å². The third-order valence-corrected chi connectivity index (χ3v) is 12.5. The van der Waals surface area contributed by atoms with Crippen molar-refractivity contribution in [2.45, 2.75) is 56.9 Å². The summed E-state index contributed by atoms with van der Waals surface area (Å²) in [4.78, 5) is 35.6. The lowest BCUT2D eigenvalue weighted by molar-refractivity contribution is -0.152. The maximum atomic E-state index is 15.6. The smallest absolute Gasteiger partial charge is 0.338 e. The average Bonchev–Trinajstić information content (AvgIpc) is 3.71. The van der Waals surface area contributed by atoms with Crippen LogP contribution in [-0.4, -0.2) is 95.5 Å². The molecular weight excluding hydrogens is 647 g/mol. The molecule has 1 aromatic heterocycles. The number of esters is 1. The summed E-state index contributed by atoms with van der Waals surface area (Å²) in [5, 5.41) is 13.8. The molecule has 248 valence electrons. The number of aliphatic imine (C=N–C) groups is 1. The van der Waals surface area contributed by atoms with Gasteiger partial charge in [0.1, 0.15) is 11.9 Å². The van der Waals surface area contributed by atoms with Crippen LogP contribution < -0.4 is 5.32 Å². The van der Waals surface area contributed by atoms with Crippen molar-refractivity contribution in [3.8, 4) is 0 Å². The summed E-state index contributed by atoms with van der Waals surface area (Å²) >= 11 is 1.27. The first kappa shape index (κ1) is 32.6. The highest BCUT2D eigenvalue weighted by molar-refractivity contribution is 7.89. The van der Waals surface area contributed by atoms with Gasteiger partial charge in [-0.1, -0.05) is 12.1 Å². The number of thiazole rings is 1. The fourth-order valence-corrected chi connectivity index (χ4v) is 9.83. The Labute approximate surface area is 268 Å². The largest absolute Gasteiger partial charge is 0.481 e. The van der Waals surface area contributed by atoms with E-state index in [0.717, 1.165) is 4.31 Å². The average molecular weight is 682 g/mol. The number of nitrogens with one attached hydrogen (secondary N) is 1. The number of hydrogen-bond acceptors (Lipinski definition) is 10. The van der Waals surface area contributed by atoms with Crippen molar-refractivity contribution in [3.05, 3.63) is 63.0 Å². The number of carbonyl (C=O) groups is 2. The topological polar surface area (TPSA) is 142 Å². The van der Waals surface area contributed by atoms with Gasteiger partial charge in [-0.05, 0) is 50.8 Å². The lowest BCUT2D eigenvalue weighted by Crippen LogP contribution is -2.53. The molecule has 0 radical (unpaired) electrons. The van der Waals surface area contributed by atoms with E-state index in [0.29, 0.717) is 10.6 Å². The van der Waals surface area contributed by atoms with Gasteiger partial charge in [0.15, 0.2) is 10.8 Å². The minimum Gasteiger partial charge on any atom is -0.481 e. The number of halogens is 3. The number of amidine groups is 1. The second-order valence-corrected chi connectivity index (χ2v) is 15.6. The van der Waals surface area contributed by atoms with Crippen LogP contribution in [0.5, 0.6) is 0 Å². The number of fused-ring (bicyclic) bond motifs is 1. The second-order valence-electron chi connectivity index (χ2n) is 12.5. The molecule has 4 heterocycles. The third-order valence-electron chi connectivity index (χ3n) is 9.56. The van der Waals surface area contributed by atoms with Crippen LogP contribution in [0, 0.1) is 24.1 Å². The third kappa shape index (κ3) is 5.52. The molecule has 1 aromatic carbocycles. The number of aromatic nitrogens is 1. The van der Waals surface area contributed by atoms with E-state index in [-0.39, 0.29) is 55.2 Å². The summed E-state index contributed by atoms with van der Waals surface area (Å²) in [6, 6.07) is 2.51. The van der Waals surface area contributed by atoms with E-state index in [1.54, 1.807) is 31.5 Å². The van der Waals surface area contributed by atoms with Crippen LogP contribution in [0.1, 0.15) is 48.9 Å². The van der Waals surface area contributed by atoms with Crippen LogP contribution in [0.2, 0.25) is 0 Å². The molecule has 46 heavy (non-hydrogen) atoms. The highest BCUT2D eigenvalue weighted by Crippen LogP contribution is 2.49. The molecule has 3 fully saturated rings. The Morgan fingerprint density at radius 1 is 1.24 bits per heavy atom. The molecule has 1 aliphatic carbocycles. The molecule has 4 aliphatic rings. The standard InChI is InChI=1S/C30H34F3N5O6S2/c1-4-44-27(39)23-21(35-25(26-34-8-9-45-26)36-24(23)18-6-5-7-20(31)16(18)2)13-37-15-30(32,33)19-12-38(14-22(19)37)46(42,43)17-10-29(3,11-17)28(40)41/h5-9,17,19,22,24H,4,10-15H2,1-3H3,(H,35,36)(H,40,41)/t17-,19-,22+,24+,29-/m1/s1. The molecule has 6 rings (SSSR count). The van der Waals surface area contributed by atoms with E-state index in [9.17, 15) is 27.5 Å². The summed E-state index contributed by atoms with van der Waals surface area (Å²) in [7, 11) is -4.03. The number of alkyl halides is 2. The lowest BCUT2D eigenvalue weighted by Gasteiger charge is -2.42. The molecule has 3 aliphatic heterocycles. The Kier molecular flexibility index (Phi) is 8.30. The van der Waals surface area contributed by atoms with Gasteiger partial charge in [-0.2, -0.15) is 4.31 Å². The monoisotopic (exact) mass is 681 g/mol. The van der Waals surface area contributed by atoms with Crippen molar-refractivity contribution in [3.63, 3.8) is 0 Å². The minimum absolute atomic E-state index is 0.0227. The molecule has 2 aromatic rings. The van der Waals surface area contributed by atoms with Crippen molar-refractivity contribution < 1.29 is 41.0 Å². The predicted molar refractivity (Wildman–Crippen MR) is 162 cm³/mol. The number of ether oxygens (including phenoxy) is 1. The maximum Gasteiger partial charge on any atom is 0.338 e. The van der Waals surface area contributed by atoms with Crippen molar-refractivity contribution in [2.75, 3.05) is 32.8 Å². The number of carbonyl (C=O) groups excluding carboxylic acids is 1. The number of aliphatic carboxylic acids is 1. The van der Waals surface area contributed by atoms with Crippen molar-refractivity contribution >= 4 is 39.1 Å². The number of rotatable bonds is 9. The first-order chi connectivity index (χ1) is 21.7. The number of nitrogens with zero attached hydrogens (tertiary/aromatic N) is 4. The summed E-state index contributed by atoms with van der Waals surface area (Å²) in [5.41, 5.74) is -0.252. The number of likely N-dealkylation sites (tertiary alicyclic amines) is 1. The lowest BCUT2D eigenvalue weighted by atomic mass is 9.70. The quantitative estimate of drug-likeness (QED) is 0.382. The molecule has 2 N–H and O–H groups in total. The van der Waals surface area contributed by atoms with Crippen molar-refractivity contribution in [1.29, 1.82) is 0 Å². The fourth-order valence-electron chi connectivity index (χ4n) is 6.93. The zero-order valence-electron chi connectivity index (χ0n) is 25.4. The Balaban J connectivity index is 1.35. The molecule has 0 bridgehead atoms. The summed E-state index contributed by atoms with van der Waals surface area (Å²) < 4.78 is 79.2. The minimum atomic E-state index is -4.03. The normalized spacial score (nSPS) is 29.6. The molecule has 0 amide bonds. The number of sulfonamides is 1. The maximum absolute atomic E-state index is 15.6.